The van der Waals surface area contributed by atoms with Gasteiger partial charge in [0.25, 0.3) is 0 Å². The van der Waals surface area contributed by atoms with E-state index in [9.17, 15) is 9.18 Å². The lowest BCUT2D eigenvalue weighted by molar-refractivity contribution is 0.0969. The van der Waals surface area contributed by atoms with Crippen LogP contribution in [0.25, 0.3) is 31.7 Å². The summed E-state index contributed by atoms with van der Waals surface area (Å²) in [4.78, 5) is 29.4. The molecule has 0 saturated carbocycles. The predicted molar refractivity (Wildman–Crippen MR) is 148 cm³/mol. The molecule has 0 saturated heterocycles. The van der Waals surface area contributed by atoms with E-state index in [0.717, 1.165) is 31.7 Å². The minimum Gasteiger partial charge on any atom is -0.492 e. The molecule has 2 aromatic carbocycles. The molecule has 5 aromatic rings. The van der Waals surface area contributed by atoms with Gasteiger partial charge in [-0.25, -0.2) is 24.1 Å². The molecule has 0 unspecified atom stereocenters. The van der Waals surface area contributed by atoms with Gasteiger partial charge in [-0.15, -0.1) is 11.3 Å². The van der Waals surface area contributed by atoms with Crippen LogP contribution >= 0.6 is 11.3 Å². The van der Waals surface area contributed by atoms with E-state index >= 15 is 0 Å². The lowest BCUT2D eigenvalue weighted by atomic mass is 10.1. The van der Waals surface area contributed by atoms with Gasteiger partial charge >= 0.3 is 6.09 Å². The van der Waals surface area contributed by atoms with Crippen LogP contribution in [0.5, 0.6) is 11.5 Å². The number of amides is 1. The quantitative estimate of drug-likeness (QED) is 0.235. The van der Waals surface area contributed by atoms with E-state index in [2.05, 4.69) is 25.3 Å². The van der Waals surface area contributed by atoms with Crippen LogP contribution in [-0.2, 0) is 4.74 Å². The number of ether oxygens (including phenoxy) is 3. The molecule has 200 valence electrons. The third-order valence-corrected chi connectivity index (χ3v) is 6.74. The van der Waals surface area contributed by atoms with Crippen molar-refractivity contribution in [2.24, 2.45) is 0 Å². The van der Waals surface area contributed by atoms with Crippen molar-refractivity contribution in [1.29, 1.82) is 0 Å². The van der Waals surface area contributed by atoms with E-state index in [1.165, 1.54) is 29.8 Å². The molecule has 1 amide bonds. The van der Waals surface area contributed by atoms with Crippen molar-refractivity contribution in [2.45, 2.75) is 33.8 Å². The van der Waals surface area contributed by atoms with Crippen molar-refractivity contribution in [3.63, 3.8) is 0 Å². The molecule has 0 aliphatic carbocycles. The van der Waals surface area contributed by atoms with Gasteiger partial charge in [0.05, 0.1) is 46.6 Å². The molecule has 0 spiro atoms. The van der Waals surface area contributed by atoms with Crippen molar-refractivity contribution in [1.82, 2.24) is 19.9 Å². The summed E-state index contributed by atoms with van der Waals surface area (Å²) in [6.07, 6.45) is 3.36. The smallest absolute Gasteiger partial charge is 0.411 e. The van der Waals surface area contributed by atoms with Crippen molar-refractivity contribution in [3.05, 3.63) is 66.1 Å². The van der Waals surface area contributed by atoms with E-state index in [4.69, 9.17) is 14.2 Å². The number of anilines is 1. The maximum atomic E-state index is 14.9. The molecule has 1 N–H and O–H groups in total. The van der Waals surface area contributed by atoms with Gasteiger partial charge in [-0.1, -0.05) is 0 Å². The number of carbonyl (C=O) groups is 1. The number of halogens is 1. The van der Waals surface area contributed by atoms with Crippen LogP contribution in [-0.4, -0.2) is 45.3 Å². The number of rotatable bonds is 8. The number of benzene rings is 2. The fourth-order valence-electron chi connectivity index (χ4n) is 3.98. The second-order valence-electron chi connectivity index (χ2n) is 8.93. The summed E-state index contributed by atoms with van der Waals surface area (Å²) in [7, 11) is 0. The number of pyridine rings is 1. The van der Waals surface area contributed by atoms with Crippen molar-refractivity contribution in [2.75, 3.05) is 18.5 Å². The summed E-state index contributed by atoms with van der Waals surface area (Å²) in [5.74, 6) is 0.785. The Labute approximate surface area is 228 Å². The van der Waals surface area contributed by atoms with E-state index in [-0.39, 0.29) is 12.4 Å². The third-order valence-electron chi connectivity index (χ3n) is 5.69. The number of thiazole rings is 1. The van der Waals surface area contributed by atoms with Crippen LogP contribution in [0.4, 0.5) is 14.9 Å². The standard InChI is InChI=1S/C28H26FN5O4S/c1-5-36-20-8-18-6-15(2)7-21(26(18)32-13-20)27-34-23-9-22(29)24(10-25(23)39-27)38-16(3)14-37-28(35)33-19-11-30-17(4)31-12-19/h6-13,16H,5,14H2,1-4H3,(H,33,35)/t16-/m0/s1. The zero-order chi connectivity index (χ0) is 27.5. The van der Waals surface area contributed by atoms with Gasteiger partial charge in [-0.05, 0) is 51.5 Å². The van der Waals surface area contributed by atoms with E-state index in [0.29, 0.717) is 29.4 Å². The highest BCUT2D eigenvalue weighted by molar-refractivity contribution is 7.21. The summed E-state index contributed by atoms with van der Waals surface area (Å²) >= 11 is 1.42. The molecule has 1 atom stereocenters. The Morgan fingerprint density at radius 1 is 1.08 bits per heavy atom. The monoisotopic (exact) mass is 547 g/mol. The Morgan fingerprint density at radius 3 is 2.64 bits per heavy atom. The molecule has 9 nitrogen and oxygen atoms in total. The van der Waals surface area contributed by atoms with Crippen LogP contribution in [0.15, 0.2) is 48.9 Å². The number of hydrogen-bond donors (Lipinski definition) is 1. The summed E-state index contributed by atoms with van der Waals surface area (Å²) in [6.45, 7) is 7.83. The number of nitrogens with one attached hydrogen (secondary N) is 1. The maximum Gasteiger partial charge on any atom is 0.411 e. The molecule has 3 heterocycles. The van der Waals surface area contributed by atoms with Crippen molar-refractivity contribution >= 4 is 44.2 Å². The number of nitrogens with zero attached hydrogens (tertiary/aromatic N) is 4. The number of hydrogen-bond acceptors (Lipinski definition) is 9. The first-order valence-electron chi connectivity index (χ1n) is 12.3. The third kappa shape index (κ3) is 6.04. The Balaban J connectivity index is 1.32. The van der Waals surface area contributed by atoms with Gasteiger partial charge in [-0.3, -0.25) is 10.3 Å². The highest BCUT2D eigenvalue weighted by Gasteiger charge is 2.17. The fourth-order valence-corrected chi connectivity index (χ4v) is 4.97. The largest absolute Gasteiger partial charge is 0.492 e. The van der Waals surface area contributed by atoms with Crippen molar-refractivity contribution < 1.29 is 23.4 Å². The summed E-state index contributed by atoms with van der Waals surface area (Å²) in [5, 5.41) is 4.20. The topological polar surface area (TPSA) is 108 Å². The fraction of sp³-hybridized carbons (Fsp3) is 0.250. The predicted octanol–water partition coefficient (Wildman–Crippen LogP) is 6.47. The second-order valence-corrected chi connectivity index (χ2v) is 9.96. The lowest BCUT2D eigenvalue weighted by Gasteiger charge is -2.15. The second kappa shape index (κ2) is 11.2. The summed E-state index contributed by atoms with van der Waals surface area (Å²) in [6, 6.07) is 8.99. The van der Waals surface area contributed by atoms with E-state index in [1.54, 1.807) is 26.1 Å². The van der Waals surface area contributed by atoms with Gasteiger partial charge in [-0.2, -0.15) is 0 Å². The Hall–Kier alpha value is -4.38. The zero-order valence-corrected chi connectivity index (χ0v) is 22.6. The molecule has 3 aromatic heterocycles. The van der Waals surface area contributed by atoms with Crippen LogP contribution in [0.1, 0.15) is 25.2 Å². The molecule has 0 aliphatic rings. The highest BCUT2D eigenvalue weighted by Crippen LogP contribution is 2.37. The highest BCUT2D eigenvalue weighted by atomic mass is 32.1. The average molecular weight is 548 g/mol. The van der Waals surface area contributed by atoms with Gasteiger partial charge in [0.2, 0.25) is 0 Å². The summed E-state index contributed by atoms with van der Waals surface area (Å²) < 4.78 is 32.2. The number of carbonyl (C=O) groups excluding carboxylic acids is 1. The maximum absolute atomic E-state index is 14.9. The van der Waals surface area contributed by atoms with Gasteiger partial charge in [0.15, 0.2) is 11.6 Å². The summed E-state index contributed by atoms with van der Waals surface area (Å²) in [5.41, 5.74) is 3.63. The number of aromatic nitrogens is 4. The first-order chi connectivity index (χ1) is 18.8. The molecule has 11 heteroatoms. The normalized spacial score (nSPS) is 11.9. The molecular formula is C28H26FN5O4S. The van der Waals surface area contributed by atoms with Crippen LogP contribution in [0.3, 0.4) is 0 Å². The number of fused-ring (bicyclic) bond motifs is 2. The SMILES string of the molecule is CCOc1cnc2c(-c3nc4cc(F)c(O[C@@H](C)COC(=O)Nc5cnc(C)nc5)cc4s3)cc(C)cc2c1. The molecule has 5 rings (SSSR count). The van der Waals surface area contributed by atoms with Crippen LogP contribution in [0.2, 0.25) is 0 Å². The lowest BCUT2D eigenvalue weighted by Crippen LogP contribution is -2.24. The van der Waals surface area contributed by atoms with Crippen LogP contribution in [0, 0.1) is 19.7 Å². The zero-order valence-electron chi connectivity index (χ0n) is 21.8. The Morgan fingerprint density at radius 2 is 1.87 bits per heavy atom. The molecule has 39 heavy (non-hydrogen) atoms. The molecule has 0 radical (unpaired) electrons. The average Bonchev–Trinajstić information content (AvgIpc) is 3.31. The number of aryl methyl sites for hydroxylation is 2. The minimum atomic E-state index is -0.687. The van der Waals surface area contributed by atoms with Gasteiger partial charge in [0.1, 0.15) is 29.3 Å². The van der Waals surface area contributed by atoms with E-state index in [1.807, 2.05) is 32.0 Å². The van der Waals surface area contributed by atoms with E-state index < -0.39 is 18.0 Å². The van der Waals surface area contributed by atoms with Crippen LogP contribution < -0.4 is 14.8 Å². The molecule has 0 fully saturated rings. The Bertz CT molecular complexity index is 1660. The first kappa shape index (κ1) is 26.2. The van der Waals surface area contributed by atoms with Gasteiger partial charge in [0, 0.05) is 23.1 Å². The van der Waals surface area contributed by atoms with Gasteiger partial charge < -0.3 is 14.2 Å². The molecular weight excluding hydrogens is 521 g/mol. The van der Waals surface area contributed by atoms with Crippen molar-refractivity contribution in [3.8, 4) is 22.1 Å². The minimum absolute atomic E-state index is 0.0507. The first-order valence-corrected chi connectivity index (χ1v) is 13.1. The molecule has 0 bridgehead atoms. The molecule has 0 aliphatic heterocycles. The Kier molecular flexibility index (Phi) is 7.51.